The van der Waals surface area contributed by atoms with Gasteiger partial charge >= 0.3 is 11.9 Å². The number of carboxylic acids is 1. The summed E-state index contributed by atoms with van der Waals surface area (Å²) in [5.41, 5.74) is 0.533. The van der Waals surface area contributed by atoms with E-state index >= 15 is 0 Å². The quantitative estimate of drug-likeness (QED) is 0.173. The van der Waals surface area contributed by atoms with Crippen molar-refractivity contribution in [2.75, 3.05) is 0 Å². The van der Waals surface area contributed by atoms with Crippen LogP contribution in [0.25, 0.3) is 0 Å². The van der Waals surface area contributed by atoms with Crippen LogP contribution in [0.15, 0.2) is 24.3 Å². The number of esters is 1. The van der Waals surface area contributed by atoms with E-state index in [1.807, 2.05) is 6.92 Å². The molecule has 1 aromatic carbocycles. The Morgan fingerprint density at radius 2 is 1.38 bits per heavy atom. The first-order valence-electron chi connectivity index (χ1n) is 11.6. The Morgan fingerprint density at radius 1 is 0.862 bits per heavy atom. The number of ether oxygens (including phenoxy) is 1. The molecule has 164 valence electrons. The number of carbonyl (C=O) groups is 2. The average molecular weight is 405 g/mol. The number of hydrogen-bond donors (Lipinski definition) is 1. The Balaban J connectivity index is 2.11. The van der Waals surface area contributed by atoms with Gasteiger partial charge in [-0.05, 0) is 12.5 Å². The number of unbranched alkanes of at least 4 members (excludes halogenated alkanes) is 11. The standard InChI is InChI=1S/C25H40O4/c1-3-4-5-6-7-8-9-10-11-12-13-14-17-21(2)25(28)29-23-19-16-15-18-22(23)20-24(26)27/h15-16,18-19,21H,3-14,17,20H2,1-2H3,(H,26,27). The number of benzene rings is 1. The maximum absolute atomic E-state index is 12.3. The number of aliphatic carboxylic acids is 1. The van der Waals surface area contributed by atoms with Gasteiger partial charge in [-0.2, -0.15) is 0 Å². The highest BCUT2D eigenvalue weighted by Gasteiger charge is 2.17. The third kappa shape index (κ3) is 12.4. The maximum Gasteiger partial charge on any atom is 0.314 e. The van der Waals surface area contributed by atoms with Crippen molar-refractivity contribution in [1.29, 1.82) is 0 Å². The summed E-state index contributed by atoms with van der Waals surface area (Å²) in [7, 11) is 0. The fraction of sp³-hybridized carbons (Fsp3) is 0.680. The van der Waals surface area contributed by atoms with E-state index in [-0.39, 0.29) is 18.3 Å². The molecule has 4 nitrogen and oxygen atoms in total. The zero-order chi connectivity index (χ0) is 21.3. The van der Waals surface area contributed by atoms with E-state index in [9.17, 15) is 9.59 Å². The molecule has 0 fully saturated rings. The Kier molecular flexibility index (Phi) is 13.9. The summed E-state index contributed by atoms with van der Waals surface area (Å²) in [6, 6.07) is 6.86. The second kappa shape index (κ2) is 16.0. The Bertz CT molecular complexity index is 582. The van der Waals surface area contributed by atoms with E-state index in [0.717, 1.165) is 19.3 Å². The van der Waals surface area contributed by atoms with E-state index in [2.05, 4.69) is 6.92 Å². The monoisotopic (exact) mass is 404 g/mol. The minimum Gasteiger partial charge on any atom is -0.481 e. The maximum atomic E-state index is 12.3. The number of carbonyl (C=O) groups excluding carboxylic acids is 1. The summed E-state index contributed by atoms with van der Waals surface area (Å²) in [6.07, 6.45) is 16.3. The molecule has 0 aliphatic carbocycles. The molecule has 0 spiro atoms. The normalized spacial score (nSPS) is 11.9. The molecule has 1 atom stereocenters. The average Bonchev–Trinajstić information content (AvgIpc) is 2.69. The van der Waals surface area contributed by atoms with Crippen LogP contribution in [-0.2, 0) is 16.0 Å². The molecule has 0 saturated heterocycles. The van der Waals surface area contributed by atoms with Crippen molar-refractivity contribution in [3.8, 4) is 5.75 Å². The van der Waals surface area contributed by atoms with Gasteiger partial charge in [0, 0.05) is 5.56 Å². The van der Waals surface area contributed by atoms with Crippen molar-refractivity contribution in [3.05, 3.63) is 29.8 Å². The minimum atomic E-state index is -0.932. The van der Waals surface area contributed by atoms with Crippen LogP contribution in [0.1, 0.15) is 103 Å². The van der Waals surface area contributed by atoms with Crippen molar-refractivity contribution >= 4 is 11.9 Å². The lowest BCUT2D eigenvalue weighted by Crippen LogP contribution is -2.19. The van der Waals surface area contributed by atoms with Crippen LogP contribution >= 0.6 is 0 Å². The summed E-state index contributed by atoms with van der Waals surface area (Å²) < 4.78 is 5.46. The zero-order valence-corrected chi connectivity index (χ0v) is 18.5. The lowest BCUT2D eigenvalue weighted by Gasteiger charge is -2.13. The summed E-state index contributed by atoms with van der Waals surface area (Å²) in [4.78, 5) is 23.3. The van der Waals surface area contributed by atoms with Crippen LogP contribution in [0.2, 0.25) is 0 Å². The van der Waals surface area contributed by atoms with Crippen molar-refractivity contribution in [2.45, 2.75) is 104 Å². The van der Waals surface area contributed by atoms with E-state index in [1.54, 1.807) is 24.3 Å². The van der Waals surface area contributed by atoms with E-state index < -0.39 is 5.97 Å². The molecule has 0 radical (unpaired) electrons. The molecule has 0 aromatic heterocycles. The smallest absolute Gasteiger partial charge is 0.314 e. The molecule has 0 heterocycles. The first kappa shape index (κ1) is 25.2. The van der Waals surface area contributed by atoms with Crippen molar-refractivity contribution in [3.63, 3.8) is 0 Å². The fourth-order valence-electron chi connectivity index (χ4n) is 3.53. The SMILES string of the molecule is CCCCCCCCCCCCCCC(C)C(=O)Oc1ccccc1CC(=O)O. The second-order valence-electron chi connectivity index (χ2n) is 8.18. The van der Waals surface area contributed by atoms with Crippen LogP contribution in [0.5, 0.6) is 5.75 Å². The summed E-state index contributed by atoms with van der Waals surface area (Å²) in [5, 5.41) is 8.97. The summed E-state index contributed by atoms with van der Waals surface area (Å²) in [5.74, 6) is -1.01. The summed E-state index contributed by atoms with van der Waals surface area (Å²) in [6.45, 7) is 4.14. The van der Waals surface area contributed by atoms with Crippen molar-refractivity contribution < 1.29 is 19.4 Å². The molecule has 1 N–H and O–H groups in total. The number of rotatable bonds is 17. The molecule has 0 aliphatic heterocycles. The zero-order valence-electron chi connectivity index (χ0n) is 18.5. The Hall–Kier alpha value is -1.84. The van der Waals surface area contributed by atoms with Gasteiger partial charge in [-0.25, -0.2) is 0 Å². The van der Waals surface area contributed by atoms with Gasteiger partial charge < -0.3 is 9.84 Å². The van der Waals surface area contributed by atoms with Gasteiger partial charge in [-0.15, -0.1) is 0 Å². The largest absolute Gasteiger partial charge is 0.481 e. The van der Waals surface area contributed by atoms with Gasteiger partial charge in [0.05, 0.1) is 12.3 Å². The molecular formula is C25H40O4. The second-order valence-corrected chi connectivity index (χ2v) is 8.18. The van der Waals surface area contributed by atoms with E-state index in [4.69, 9.17) is 9.84 Å². The summed E-state index contributed by atoms with van der Waals surface area (Å²) >= 11 is 0. The van der Waals surface area contributed by atoms with Crippen LogP contribution < -0.4 is 4.74 Å². The number of hydrogen-bond acceptors (Lipinski definition) is 3. The highest BCUT2D eigenvalue weighted by atomic mass is 16.5. The number of carboxylic acid groups (broad SMARTS) is 1. The molecule has 0 saturated carbocycles. The molecular weight excluding hydrogens is 364 g/mol. The van der Waals surface area contributed by atoms with E-state index in [0.29, 0.717) is 11.3 Å². The lowest BCUT2D eigenvalue weighted by atomic mass is 10.0. The Labute approximate surface area is 177 Å². The predicted molar refractivity (Wildman–Crippen MR) is 118 cm³/mol. The molecule has 1 aromatic rings. The highest BCUT2D eigenvalue weighted by Crippen LogP contribution is 2.21. The van der Waals surface area contributed by atoms with Crippen LogP contribution in [-0.4, -0.2) is 17.0 Å². The molecule has 1 unspecified atom stereocenters. The minimum absolute atomic E-state index is 0.142. The van der Waals surface area contributed by atoms with Gasteiger partial charge in [-0.1, -0.05) is 109 Å². The Morgan fingerprint density at radius 3 is 1.93 bits per heavy atom. The number of para-hydroxylation sites is 1. The van der Waals surface area contributed by atoms with Gasteiger partial charge in [0.2, 0.25) is 0 Å². The van der Waals surface area contributed by atoms with Gasteiger partial charge in [0.15, 0.2) is 0 Å². The van der Waals surface area contributed by atoms with E-state index in [1.165, 1.54) is 64.2 Å². The fourth-order valence-corrected chi connectivity index (χ4v) is 3.53. The van der Waals surface area contributed by atoms with Crippen molar-refractivity contribution in [2.24, 2.45) is 5.92 Å². The molecule has 4 heteroatoms. The third-order valence-electron chi connectivity index (χ3n) is 5.42. The van der Waals surface area contributed by atoms with Crippen molar-refractivity contribution in [1.82, 2.24) is 0 Å². The molecule has 1 rings (SSSR count). The highest BCUT2D eigenvalue weighted by molar-refractivity contribution is 5.76. The van der Waals surface area contributed by atoms with Gasteiger partial charge in [0.25, 0.3) is 0 Å². The van der Waals surface area contributed by atoms with Gasteiger partial charge in [-0.3, -0.25) is 9.59 Å². The lowest BCUT2D eigenvalue weighted by molar-refractivity contribution is -0.139. The van der Waals surface area contributed by atoms with Gasteiger partial charge in [0.1, 0.15) is 5.75 Å². The topological polar surface area (TPSA) is 63.6 Å². The first-order chi connectivity index (χ1) is 14.0. The first-order valence-corrected chi connectivity index (χ1v) is 11.6. The molecule has 0 bridgehead atoms. The predicted octanol–water partition coefficient (Wildman–Crippen LogP) is 6.95. The van der Waals surface area contributed by atoms with Crippen LogP contribution in [0.4, 0.5) is 0 Å². The molecule has 0 aliphatic rings. The third-order valence-corrected chi connectivity index (χ3v) is 5.42. The molecule has 0 amide bonds. The van der Waals surface area contributed by atoms with Crippen LogP contribution in [0, 0.1) is 5.92 Å². The van der Waals surface area contributed by atoms with Crippen LogP contribution in [0.3, 0.4) is 0 Å². The molecule has 29 heavy (non-hydrogen) atoms.